The molecule has 1 N–H and O–H groups in total. The average molecular weight is 371 g/mol. The van der Waals surface area contributed by atoms with Crippen LogP contribution >= 0.6 is 15.9 Å². The number of carbonyl (C=O) groups is 1. The third-order valence-corrected chi connectivity index (χ3v) is 4.91. The van der Waals surface area contributed by atoms with Crippen LogP contribution in [0.3, 0.4) is 0 Å². The van der Waals surface area contributed by atoms with Crippen molar-refractivity contribution in [3.63, 3.8) is 0 Å². The van der Waals surface area contributed by atoms with E-state index in [0.29, 0.717) is 10.0 Å². The number of carboxylic acid groups (broad SMARTS) is 1. The highest BCUT2D eigenvalue weighted by molar-refractivity contribution is 9.10. The van der Waals surface area contributed by atoms with Crippen LogP contribution in [0.4, 0.5) is 4.39 Å². The maximum atomic E-state index is 13.3. The van der Waals surface area contributed by atoms with Gasteiger partial charge in [0, 0.05) is 4.47 Å². The molecule has 2 aromatic rings. The summed E-state index contributed by atoms with van der Waals surface area (Å²) in [7, 11) is -1.57. The zero-order valence-corrected chi connectivity index (χ0v) is 13.5. The smallest absolute Gasteiger partial charge is 0.336 e. The summed E-state index contributed by atoms with van der Waals surface area (Å²) in [4.78, 5) is 11.4. The number of hydrogen-bond donors (Lipinski definition) is 1. The summed E-state index contributed by atoms with van der Waals surface area (Å²) in [6.45, 7) is 1.80. The first kappa shape index (κ1) is 15.9. The van der Waals surface area contributed by atoms with E-state index in [1.54, 1.807) is 19.1 Å². The van der Waals surface area contributed by atoms with Gasteiger partial charge in [-0.1, -0.05) is 22.0 Å². The highest BCUT2D eigenvalue weighted by Crippen LogP contribution is 2.23. The highest BCUT2D eigenvalue weighted by Gasteiger charge is 2.17. The van der Waals surface area contributed by atoms with E-state index in [9.17, 15) is 13.4 Å². The van der Waals surface area contributed by atoms with Crippen LogP contribution in [-0.2, 0) is 16.6 Å². The molecule has 0 saturated heterocycles. The van der Waals surface area contributed by atoms with Gasteiger partial charge in [0.1, 0.15) is 5.82 Å². The van der Waals surface area contributed by atoms with Crippen molar-refractivity contribution < 1.29 is 18.5 Å². The third kappa shape index (κ3) is 3.77. The van der Waals surface area contributed by atoms with Crippen molar-refractivity contribution in [3.8, 4) is 0 Å². The van der Waals surface area contributed by atoms with E-state index in [0.717, 1.165) is 5.56 Å². The molecule has 0 aliphatic heterocycles. The van der Waals surface area contributed by atoms with E-state index in [1.807, 2.05) is 0 Å². The third-order valence-electron chi connectivity index (χ3n) is 3.02. The molecule has 0 heterocycles. The van der Waals surface area contributed by atoms with Crippen LogP contribution in [0.2, 0.25) is 0 Å². The molecule has 0 aliphatic rings. The molecule has 2 aromatic carbocycles. The van der Waals surface area contributed by atoms with Crippen LogP contribution in [-0.4, -0.2) is 15.3 Å². The topological polar surface area (TPSA) is 54.4 Å². The molecule has 21 heavy (non-hydrogen) atoms. The van der Waals surface area contributed by atoms with Crippen molar-refractivity contribution in [1.29, 1.82) is 0 Å². The molecular formula is C15H12BrFO3S. The molecule has 0 bridgehead atoms. The zero-order chi connectivity index (χ0) is 15.6. The Hall–Kier alpha value is -1.53. The Morgan fingerprint density at radius 1 is 1.29 bits per heavy atom. The molecule has 1 unspecified atom stereocenters. The van der Waals surface area contributed by atoms with Gasteiger partial charge in [-0.05, 0) is 48.4 Å². The minimum Gasteiger partial charge on any atom is -0.478 e. The van der Waals surface area contributed by atoms with Gasteiger partial charge in [0.05, 0.1) is 27.0 Å². The minimum absolute atomic E-state index is 0.00871. The second-order valence-corrected chi connectivity index (χ2v) is 6.84. The second-order valence-electron chi connectivity index (χ2n) is 4.51. The van der Waals surface area contributed by atoms with Crippen LogP contribution in [0, 0.1) is 12.7 Å². The molecule has 0 aliphatic carbocycles. The number of aromatic carboxylic acids is 1. The van der Waals surface area contributed by atoms with Crippen LogP contribution in [0.1, 0.15) is 21.5 Å². The molecule has 3 nitrogen and oxygen atoms in total. The molecule has 2 rings (SSSR count). The number of aryl methyl sites for hydroxylation is 1. The Morgan fingerprint density at radius 2 is 2.00 bits per heavy atom. The monoisotopic (exact) mass is 370 g/mol. The molecule has 0 amide bonds. The summed E-state index contributed by atoms with van der Waals surface area (Å²) in [5, 5.41) is 9.16. The molecule has 6 heteroatoms. The molecular weight excluding hydrogens is 359 g/mol. The maximum Gasteiger partial charge on any atom is 0.336 e. The molecule has 0 aromatic heterocycles. The largest absolute Gasteiger partial charge is 0.478 e. The van der Waals surface area contributed by atoms with Crippen molar-refractivity contribution in [3.05, 3.63) is 63.4 Å². The predicted octanol–water partition coefficient (Wildman–Crippen LogP) is 3.90. The van der Waals surface area contributed by atoms with E-state index in [2.05, 4.69) is 15.9 Å². The molecule has 0 radical (unpaired) electrons. The van der Waals surface area contributed by atoms with Gasteiger partial charge in [-0.25, -0.2) is 9.18 Å². The van der Waals surface area contributed by atoms with E-state index in [-0.39, 0.29) is 16.2 Å². The molecule has 0 saturated carbocycles. The van der Waals surface area contributed by atoms with Crippen molar-refractivity contribution >= 4 is 32.7 Å². The van der Waals surface area contributed by atoms with Crippen molar-refractivity contribution in [2.75, 3.05) is 0 Å². The predicted molar refractivity (Wildman–Crippen MR) is 82.4 cm³/mol. The van der Waals surface area contributed by atoms with Gasteiger partial charge < -0.3 is 5.11 Å². The van der Waals surface area contributed by atoms with E-state index in [4.69, 9.17) is 5.11 Å². The number of rotatable bonds is 4. The first-order valence-electron chi connectivity index (χ1n) is 6.04. The first-order chi connectivity index (χ1) is 9.88. The Balaban J connectivity index is 2.39. The van der Waals surface area contributed by atoms with E-state index < -0.39 is 22.6 Å². The summed E-state index contributed by atoms with van der Waals surface area (Å²) in [5.74, 6) is -1.47. The number of halogens is 2. The highest BCUT2D eigenvalue weighted by atomic mass is 79.9. The van der Waals surface area contributed by atoms with Gasteiger partial charge >= 0.3 is 5.97 Å². The number of benzene rings is 2. The van der Waals surface area contributed by atoms with E-state index in [1.165, 1.54) is 24.3 Å². The van der Waals surface area contributed by atoms with Gasteiger partial charge in [-0.2, -0.15) is 0 Å². The molecule has 0 fully saturated rings. The summed E-state index contributed by atoms with van der Waals surface area (Å²) >= 11 is 3.24. The standard InChI is InChI=1S/C15H12BrFO3S/c1-9-2-4-12(17)6-10(9)8-21(20)14-7-11(16)3-5-13(14)15(18)19/h2-7H,8H2,1H3,(H,18,19). The lowest BCUT2D eigenvalue weighted by Crippen LogP contribution is -2.07. The fourth-order valence-electron chi connectivity index (χ4n) is 1.88. The normalized spacial score (nSPS) is 12.1. The van der Waals surface area contributed by atoms with Crippen molar-refractivity contribution in [2.45, 2.75) is 17.6 Å². The summed E-state index contributed by atoms with van der Waals surface area (Å²) in [6, 6.07) is 8.78. The second kappa shape index (κ2) is 6.49. The lowest BCUT2D eigenvalue weighted by atomic mass is 10.1. The van der Waals surface area contributed by atoms with Crippen molar-refractivity contribution in [1.82, 2.24) is 0 Å². The summed E-state index contributed by atoms with van der Waals surface area (Å²) < 4.78 is 26.4. The Morgan fingerprint density at radius 3 is 2.67 bits per heavy atom. The Bertz CT molecular complexity index is 731. The van der Waals surface area contributed by atoms with Crippen LogP contribution in [0.25, 0.3) is 0 Å². The number of carboxylic acids is 1. The van der Waals surface area contributed by atoms with Crippen LogP contribution < -0.4 is 0 Å². The van der Waals surface area contributed by atoms with Gasteiger partial charge in [0.25, 0.3) is 0 Å². The Kier molecular flexibility index (Phi) is 4.90. The fraction of sp³-hybridized carbons (Fsp3) is 0.133. The van der Waals surface area contributed by atoms with Gasteiger partial charge in [-0.15, -0.1) is 0 Å². The van der Waals surface area contributed by atoms with Crippen molar-refractivity contribution in [2.24, 2.45) is 0 Å². The summed E-state index contributed by atoms with van der Waals surface area (Å²) in [6.07, 6.45) is 0. The van der Waals surface area contributed by atoms with Crippen LogP contribution in [0.15, 0.2) is 45.8 Å². The van der Waals surface area contributed by atoms with Crippen LogP contribution in [0.5, 0.6) is 0 Å². The minimum atomic E-state index is -1.57. The quantitative estimate of drug-likeness (QED) is 0.887. The SMILES string of the molecule is Cc1ccc(F)cc1CS(=O)c1cc(Br)ccc1C(=O)O. The number of hydrogen-bond acceptors (Lipinski definition) is 2. The molecule has 0 spiro atoms. The molecule has 1 atom stereocenters. The zero-order valence-electron chi connectivity index (χ0n) is 11.1. The maximum absolute atomic E-state index is 13.3. The lowest BCUT2D eigenvalue weighted by molar-refractivity contribution is 0.0693. The Labute approximate surface area is 132 Å². The van der Waals surface area contributed by atoms with Gasteiger partial charge in [0.15, 0.2) is 0 Å². The fourth-order valence-corrected chi connectivity index (χ4v) is 3.80. The molecule has 110 valence electrons. The van der Waals surface area contributed by atoms with Gasteiger partial charge in [-0.3, -0.25) is 4.21 Å². The average Bonchev–Trinajstić information content (AvgIpc) is 2.42. The summed E-state index contributed by atoms with van der Waals surface area (Å²) in [5.41, 5.74) is 1.41. The van der Waals surface area contributed by atoms with Gasteiger partial charge in [0.2, 0.25) is 0 Å². The lowest BCUT2D eigenvalue weighted by Gasteiger charge is -2.09. The van der Waals surface area contributed by atoms with E-state index >= 15 is 0 Å². The first-order valence-corrected chi connectivity index (χ1v) is 8.16.